The average Bonchev–Trinajstić information content (AvgIpc) is 3.29. The lowest BCUT2D eigenvalue weighted by molar-refractivity contribution is -0.126. The quantitative estimate of drug-likeness (QED) is 0.797. The van der Waals surface area contributed by atoms with Gasteiger partial charge in [-0.05, 0) is 23.6 Å². The number of hydrogen-bond donors (Lipinski definition) is 1. The summed E-state index contributed by atoms with van der Waals surface area (Å²) >= 11 is 0. The summed E-state index contributed by atoms with van der Waals surface area (Å²) in [5, 5.41) is 4.95. The number of furan rings is 1. The number of hydrogen-bond acceptors (Lipinski definition) is 3. The fraction of sp³-hybridized carbons (Fsp3) is 0.200. The highest BCUT2D eigenvalue weighted by molar-refractivity contribution is 6.06. The molecule has 1 aliphatic heterocycles. The summed E-state index contributed by atoms with van der Waals surface area (Å²) in [6.07, 6.45) is 1.80. The highest BCUT2D eigenvalue weighted by Crippen LogP contribution is 2.31. The summed E-state index contributed by atoms with van der Waals surface area (Å²) in [6, 6.07) is 17.4. The second-order valence-corrected chi connectivity index (χ2v) is 6.20. The number of amides is 2. The van der Waals surface area contributed by atoms with Crippen molar-refractivity contribution in [2.24, 2.45) is 5.92 Å². The Hall–Kier alpha value is -3.08. The Balaban J connectivity index is 1.51. The van der Waals surface area contributed by atoms with Gasteiger partial charge in [-0.1, -0.05) is 36.4 Å². The molecule has 2 heterocycles. The number of carbonyl (C=O) groups is 2. The van der Waals surface area contributed by atoms with Crippen LogP contribution in [0.1, 0.15) is 12.2 Å². The van der Waals surface area contributed by atoms with Crippen LogP contribution >= 0.6 is 0 Å². The fourth-order valence-electron chi connectivity index (χ4n) is 3.29. The monoisotopic (exact) mass is 334 g/mol. The summed E-state index contributed by atoms with van der Waals surface area (Å²) in [6.45, 7) is 0.738. The minimum atomic E-state index is -0.346. The zero-order valence-electron chi connectivity index (χ0n) is 13.6. The van der Waals surface area contributed by atoms with Crippen LogP contribution < -0.4 is 10.2 Å². The van der Waals surface area contributed by atoms with Crippen LogP contribution in [0.3, 0.4) is 0 Å². The molecule has 2 amide bonds. The maximum Gasteiger partial charge on any atom is 0.227 e. The third-order valence-electron chi connectivity index (χ3n) is 4.57. The van der Waals surface area contributed by atoms with Crippen LogP contribution in [0, 0.1) is 5.92 Å². The maximum absolute atomic E-state index is 12.5. The van der Waals surface area contributed by atoms with Crippen molar-refractivity contribution >= 4 is 28.3 Å². The molecule has 0 spiro atoms. The van der Waals surface area contributed by atoms with Crippen molar-refractivity contribution in [3.8, 4) is 0 Å². The van der Waals surface area contributed by atoms with E-state index in [2.05, 4.69) is 5.32 Å². The van der Waals surface area contributed by atoms with E-state index in [0.717, 1.165) is 16.5 Å². The molecule has 126 valence electrons. The van der Waals surface area contributed by atoms with Crippen molar-refractivity contribution in [2.75, 3.05) is 11.4 Å². The van der Waals surface area contributed by atoms with Crippen molar-refractivity contribution in [1.29, 1.82) is 0 Å². The molecule has 2 aromatic carbocycles. The second kappa shape index (κ2) is 6.43. The fourth-order valence-corrected chi connectivity index (χ4v) is 3.29. The lowest BCUT2D eigenvalue weighted by atomic mass is 10.1. The number of benzene rings is 2. The summed E-state index contributed by atoms with van der Waals surface area (Å²) in [4.78, 5) is 26.6. The van der Waals surface area contributed by atoms with Crippen LogP contribution in [-0.4, -0.2) is 18.4 Å². The number of anilines is 1. The zero-order valence-corrected chi connectivity index (χ0v) is 13.6. The van der Waals surface area contributed by atoms with Crippen molar-refractivity contribution in [2.45, 2.75) is 13.0 Å². The lowest BCUT2D eigenvalue weighted by Gasteiger charge is -2.19. The lowest BCUT2D eigenvalue weighted by Crippen LogP contribution is -2.32. The number of nitrogens with zero attached hydrogens (tertiary/aromatic N) is 1. The molecule has 5 heteroatoms. The molecule has 0 aliphatic carbocycles. The van der Waals surface area contributed by atoms with Crippen LogP contribution in [-0.2, 0) is 16.1 Å². The molecule has 0 radical (unpaired) electrons. The first-order valence-corrected chi connectivity index (χ1v) is 8.30. The Morgan fingerprint density at radius 2 is 1.96 bits per heavy atom. The summed E-state index contributed by atoms with van der Waals surface area (Å²) in [5.74, 6) is 0.215. The van der Waals surface area contributed by atoms with Gasteiger partial charge in [0, 0.05) is 18.4 Å². The van der Waals surface area contributed by atoms with E-state index in [1.165, 1.54) is 0 Å². The van der Waals surface area contributed by atoms with Gasteiger partial charge in [0.05, 0.1) is 24.4 Å². The van der Waals surface area contributed by atoms with E-state index in [-0.39, 0.29) is 24.2 Å². The van der Waals surface area contributed by atoms with E-state index < -0.39 is 0 Å². The minimum Gasteiger partial charge on any atom is -0.467 e. The number of carbonyl (C=O) groups excluding carboxylic acids is 2. The highest BCUT2D eigenvalue weighted by Gasteiger charge is 2.35. The van der Waals surface area contributed by atoms with E-state index in [0.29, 0.717) is 18.8 Å². The van der Waals surface area contributed by atoms with Crippen LogP contribution in [0.25, 0.3) is 10.8 Å². The van der Waals surface area contributed by atoms with Crippen LogP contribution in [0.4, 0.5) is 5.69 Å². The average molecular weight is 334 g/mol. The Bertz CT molecular complexity index is 912. The number of fused-ring (bicyclic) bond motifs is 1. The molecular weight excluding hydrogens is 316 g/mol. The Morgan fingerprint density at radius 3 is 2.80 bits per heavy atom. The standard InChI is InChI=1S/C20H18N2O3/c23-19-11-15(20(24)21-12-16-7-4-10-25-16)13-22(19)18-9-3-6-14-5-1-2-8-17(14)18/h1-10,15H,11-13H2,(H,21,24). The first-order valence-electron chi connectivity index (χ1n) is 8.30. The normalized spacial score (nSPS) is 17.2. The van der Waals surface area contributed by atoms with Gasteiger partial charge in [-0.25, -0.2) is 0 Å². The minimum absolute atomic E-state index is 0.0190. The molecule has 3 aromatic rings. The second-order valence-electron chi connectivity index (χ2n) is 6.20. The Kier molecular flexibility index (Phi) is 3.98. The number of rotatable bonds is 4. The van der Waals surface area contributed by atoms with Gasteiger partial charge in [-0.2, -0.15) is 0 Å². The molecule has 0 bridgehead atoms. The van der Waals surface area contributed by atoms with Crippen LogP contribution in [0.5, 0.6) is 0 Å². The van der Waals surface area contributed by atoms with Gasteiger partial charge >= 0.3 is 0 Å². The first-order chi connectivity index (χ1) is 12.2. The van der Waals surface area contributed by atoms with Gasteiger partial charge in [0.25, 0.3) is 0 Å². The Morgan fingerprint density at radius 1 is 1.12 bits per heavy atom. The Labute approximate surface area is 145 Å². The highest BCUT2D eigenvalue weighted by atomic mass is 16.3. The SMILES string of the molecule is O=C(NCc1ccco1)C1CC(=O)N(c2cccc3ccccc23)C1. The van der Waals surface area contributed by atoms with Gasteiger partial charge < -0.3 is 14.6 Å². The molecule has 1 saturated heterocycles. The summed E-state index contributed by atoms with van der Waals surface area (Å²) in [5.41, 5.74) is 0.865. The third-order valence-corrected chi connectivity index (χ3v) is 4.57. The van der Waals surface area contributed by atoms with Crippen molar-refractivity contribution in [1.82, 2.24) is 5.32 Å². The van der Waals surface area contributed by atoms with Gasteiger partial charge in [-0.15, -0.1) is 0 Å². The molecule has 1 N–H and O–H groups in total. The predicted molar refractivity (Wildman–Crippen MR) is 95.0 cm³/mol. The van der Waals surface area contributed by atoms with E-state index in [9.17, 15) is 9.59 Å². The number of nitrogens with one attached hydrogen (secondary N) is 1. The smallest absolute Gasteiger partial charge is 0.227 e. The molecule has 4 rings (SSSR count). The molecule has 1 atom stereocenters. The predicted octanol–water partition coefficient (Wildman–Crippen LogP) is 3.10. The molecule has 1 unspecified atom stereocenters. The van der Waals surface area contributed by atoms with E-state index >= 15 is 0 Å². The van der Waals surface area contributed by atoms with Crippen molar-refractivity contribution in [3.05, 3.63) is 66.6 Å². The molecule has 5 nitrogen and oxygen atoms in total. The third kappa shape index (κ3) is 3.01. The molecule has 1 aliphatic rings. The molecular formula is C20H18N2O3. The van der Waals surface area contributed by atoms with Crippen LogP contribution in [0.2, 0.25) is 0 Å². The van der Waals surface area contributed by atoms with Crippen LogP contribution in [0.15, 0.2) is 65.3 Å². The topological polar surface area (TPSA) is 62.6 Å². The van der Waals surface area contributed by atoms with Gasteiger partial charge in [0.15, 0.2) is 0 Å². The van der Waals surface area contributed by atoms with E-state index in [4.69, 9.17) is 4.42 Å². The largest absolute Gasteiger partial charge is 0.467 e. The van der Waals surface area contributed by atoms with Gasteiger partial charge in [-0.3, -0.25) is 9.59 Å². The molecule has 0 saturated carbocycles. The molecule has 1 aromatic heterocycles. The summed E-state index contributed by atoms with van der Waals surface area (Å²) in [7, 11) is 0. The van der Waals surface area contributed by atoms with E-state index in [1.807, 2.05) is 48.5 Å². The van der Waals surface area contributed by atoms with E-state index in [1.54, 1.807) is 17.2 Å². The maximum atomic E-state index is 12.5. The van der Waals surface area contributed by atoms with Gasteiger partial charge in [0.1, 0.15) is 5.76 Å². The summed E-state index contributed by atoms with van der Waals surface area (Å²) < 4.78 is 5.21. The first kappa shape index (κ1) is 15.4. The molecule has 25 heavy (non-hydrogen) atoms. The molecule has 1 fully saturated rings. The zero-order chi connectivity index (χ0) is 17.2. The van der Waals surface area contributed by atoms with Crippen molar-refractivity contribution < 1.29 is 14.0 Å². The van der Waals surface area contributed by atoms with Gasteiger partial charge in [0.2, 0.25) is 11.8 Å². The van der Waals surface area contributed by atoms with Crippen molar-refractivity contribution in [3.63, 3.8) is 0 Å².